The van der Waals surface area contributed by atoms with E-state index in [0.29, 0.717) is 23.3 Å². The lowest BCUT2D eigenvalue weighted by Crippen LogP contribution is -2.08. The van der Waals surface area contributed by atoms with Crippen LogP contribution in [0.2, 0.25) is 0 Å². The van der Waals surface area contributed by atoms with Gasteiger partial charge in [-0.2, -0.15) is 0 Å². The molecule has 0 aliphatic rings. The molecule has 0 aliphatic heterocycles. The lowest BCUT2D eigenvalue weighted by atomic mass is 10.0. The van der Waals surface area contributed by atoms with Crippen molar-refractivity contribution in [1.29, 1.82) is 0 Å². The van der Waals surface area contributed by atoms with Gasteiger partial charge in [-0.05, 0) is 23.6 Å². The maximum absolute atomic E-state index is 12.2. The van der Waals surface area contributed by atoms with E-state index in [1.165, 1.54) is 6.33 Å². The number of aryl methyl sites for hydroxylation is 1. The first-order valence-corrected chi connectivity index (χ1v) is 10.1. The second-order valence-corrected chi connectivity index (χ2v) is 7.18. The van der Waals surface area contributed by atoms with Crippen molar-refractivity contribution >= 4 is 17.3 Å². The van der Waals surface area contributed by atoms with Gasteiger partial charge in [-0.1, -0.05) is 55.8 Å². The molecule has 8 nitrogen and oxygen atoms in total. The summed E-state index contributed by atoms with van der Waals surface area (Å²) in [5.74, 6) is 1.12. The van der Waals surface area contributed by atoms with Gasteiger partial charge in [0, 0.05) is 12.0 Å². The topological polar surface area (TPSA) is 110 Å². The van der Waals surface area contributed by atoms with Crippen LogP contribution in [0.3, 0.4) is 0 Å². The number of hydrogen-bond acceptors (Lipinski definition) is 5. The number of fused-ring (bicyclic) bond motifs is 1. The molecule has 0 bridgehead atoms. The maximum atomic E-state index is 12.2. The van der Waals surface area contributed by atoms with E-state index in [2.05, 4.69) is 21.9 Å². The van der Waals surface area contributed by atoms with Gasteiger partial charge in [0.15, 0.2) is 11.2 Å². The van der Waals surface area contributed by atoms with Crippen LogP contribution < -0.4 is 10.3 Å². The van der Waals surface area contributed by atoms with Gasteiger partial charge in [0.05, 0.1) is 12.9 Å². The Morgan fingerprint density at radius 1 is 1.16 bits per heavy atom. The highest BCUT2D eigenvalue weighted by molar-refractivity contribution is 5.74. The number of imidazole rings is 1. The fourth-order valence-electron chi connectivity index (χ4n) is 3.55. The van der Waals surface area contributed by atoms with Crippen molar-refractivity contribution < 1.29 is 14.6 Å². The zero-order valence-corrected chi connectivity index (χ0v) is 17.0. The minimum absolute atomic E-state index is 0.244. The second-order valence-electron chi connectivity index (χ2n) is 7.18. The third-order valence-corrected chi connectivity index (χ3v) is 5.06. The summed E-state index contributed by atoms with van der Waals surface area (Å²) in [4.78, 5) is 34.6. The Morgan fingerprint density at radius 3 is 2.68 bits per heavy atom. The SMILES string of the molecule is CCCCc1nc2c(=O)[nH]cnc2n1Cc1ccc(-c2ccccc2OC(=O)O)cc1. The van der Waals surface area contributed by atoms with E-state index in [1.807, 2.05) is 41.0 Å². The first-order valence-electron chi connectivity index (χ1n) is 10.1. The number of carboxylic acid groups (broad SMARTS) is 1. The summed E-state index contributed by atoms with van der Waals surface area (Å²) in [6, 6.07) is 14.8. The lowest BCUT2D eigenvalue weighted by Gasteiger charge is -2.11. The van der Waals surface area contributed by atoms with Gasteiger partial charge in [0.25, 0.3) is 5.56 Å². The van der Waals surface area contributed by atoms with Gasteiger partial charge in [-0.25, -0.2) is 14.8 Å². The van der Waals surface area contributed by atoms with Crippen molar-refractivity contribution in [3.63, 3.8) is 0 Å². The van der Waals surface area contributed by atoms with Crippen LogP contribution in [0.5, 0.6) is 5.75 Å². The molecule has 2 aromatic heterocycles. The average Bonchev–Trinajstić information content (AvgIpc) is 3.11. The molecule has 0 saturated carbocycles. The Morgan fingerprint density at radius 2 is 1.94 bits per heavy atom. The molecule has 0 radical (unpaired) electrons. The van der Waals surface area contributed by atoms with Crippen molar-refractivity contribution in [2.45, 2.75) is 32.7 Å². The molecule has 0 saturated heterocycles. The van der Waals surface area contributed by atoms with Crippen molar-refractivity contribution in [3.05, 3.63) is 76.6 Å². The van der Waals surface area contributed by atoms with Crippen molar-refractivity contribution in [1.82, 2.24) is 19.5 Å². The van der Waals surface area contributed by atoms with Gasteiger partial charge in [-0.15, -0.1) is 0 Å². The second kappa shape index (κ2) is 8.83. The standard InChI is InChI=1S/C23H22N4O4/c1-2-3-8-19-26-20-21(24-14-25-22(20)28)27(19)13-15-9-11-16(12-10-15)17-6-4-5-7-18(17)31-23(29)30/h4-7,9-12,14H,2-3,8,13H2,1H3,(H,29,30)(H,24,25,28). The maximum Gasteiger partial charge on any atom is 0.511 e. The van der Waals surface area contributed by atoms with Gasteiger partial charge in [0.2, 0.25) is 0 Å². The molecule has 0 aliphatic carbocycles. The van der Waals surface area contributed by atoms with Crippen LogP contribution >= 0.6 is 0 Å². The first kappa shape index (κ1) is 20.3. The number of H-pyrrole nitrogens is 1. The fraction of sp³-hybridized carbons (Fsp3) is 0.217. The molecule has 0 atom stereocenters. The molecular weight excluding hydrogens is 396 g/mol. The zero-order chi connectivity index (χ0) is 21.8. The smallest absolute Gasteiger partial charge is 0.449 e. The number of aromatic nitrogens is 4. The highest BCUT2D eigenvalue weighted by Crippen LogP contribution is 2.30. The number of para-hydroxylation sites is 1. The molecule has 0 spiro atoms. The highest BCUT2D eigenvalue weighted by atomic mass is 16.7. The molecule has 8 heteroatoms. The Bertz CT molecular complexity index is 1270. The number of aromatic amines is 1. The van der Waals surface area contributed by atoms with E-state index in [4.69, 9.17) is 9.84 Å². The monoisotopic (exact) mass is 418 g/mol. The van der Waals surface area contributed by atoms with Crippen molar-refractivity contribution in [2.75, 3.05) is 0 Å². The molecule has 0 fully saturated rings. The Hall–Kier alpha value is -3.94. The largest absolute Gasteiger partial charge is 0.511 e. The van der Waals surface area contributed by atoms with Crippen LogP contribution in [-0.2, 0) is 13.0 Å². The molecule has 0 amide bonds. The van der Waals surface area contributed by atoms with Crippen molar-refractivity contribution in [3.8, 4) is 16.9 Å². The molecule has 158 valence electrons. The van der Waals surface area contributed by atoms with Crippen molar-refractivity contribution in [2.24, 2.45) is 0 Å². The van der Waals surface area contributed by atoms with E-state index in [0.717, 1.165) is 36.2 Å². The average molecular weight is 418 g/mol. The summed E-state index contributed by atoms with van der Waals surface area (Å²) >= 11 is 0. The van der Waals surface area contributed by atoms with Gasteiger partial charge in [0.1, 0.15) is 11.6 Å². The predicted molar refractivity (Wildman–Crippen MR) is 116 cm³/mol. The first-order chi connectivity index (χ1) is 15.1. The number of hydrogen-bond donors (Lipinski definition) is 2. The van der Waals surface area contributed by atoms with Crippen LogP contribution in [-0.4, -0.2) is 30.8 Å². The van der Waals surface area contributed by atoms with E-state index < -0.39 is 6.16 Å². The third-order valence-electron chi connectivity index (χ3n) is 5.06. The summed E-state index contributed by atoms with van der Waals surface area (Å²) in [7, 11) is 0. The van der Waals surface area contributed by atoms with Crippen LogP contribution in [0, 0.1) is 0 Å². The van der Waals surface area contributed by atoms with E-state index in [-0.39, 0.29) is 11.3 Å². The summed E-state index contributed by atoms with van der Waals surface area (Å²) in [5, 5.41) is 8.96. The van der Waals surface area contributed by atoms with Crippen LogP contribution in [0.25, 0.3) is 22.3 Å². The molecule has 0 unspecified atom stereocenters. The Kier molecular flexibility index (Phi) is 5.79. The normalized spacial score (nSPS) is 11.0. The molecule has 2 aromatic carbocycles. The molecule has 4 rings (SSSR count). The van der Waals surface area contributed by atoms with Crippen LogP contribution in [0.1, 0.15) is 31.2 Å². The molecule has 2 N–H and O–H groups in total. The molecule has 2 heterocycles. The van der Waals surface area contributed by atoms with Gasteiger partial charge < -0.3 is 19.4 Å². The minimum atomic E-state index is -1.35. The van der Waals surface area contributed by atoms with E-state index >= 15 is 0 Å². The summed E-state index contributed by atoms with van der Waals surface area (Å²) < 4.78 is 6.87. The van der Waals surface area contributed by atoms with E-state index in [9.17, 15) is 9.59 Å². The highest BCUT2D eigenvalue weighted by Gasteiger charge is 2.15. The van der Waals surface area contributed by atoms with E-state index in [1.54, 1.807) is 12.1 Å². The Labute approximate surface area is 178 Å². The summed E-state index contributed by atoms with van der Waals surface area (Å²) in [6.07, 6.45) is 2.82. The predicted octanol–water partition coefficient (Wildman–Crippen LogP) is 4.23. The summed E-state index contributed by atoms with van der Waals surface area (Å²) in [6.45, 7) is 2.64. The number of nitrogens with zero attached hydrogens (tertiary/aromatic N) is 3. The number of nitrogens with one attached hydrogen (secondary N) is 1. The van der Waals surface area contributed by atoms with Gasteiger partial charge >= 0.3 is 6.16 Å². The zero-order valence-electron chi connectivity index (χ0n) is 17.0. The number of benzene rings is 2. The fourth-order valence-corrected chi connectivity index (χ4v) is 3.55. The Balaban J connectivity index is 1.66. The lowest BCUT2D eigenvalue weighted by molar-refractivity contribution is 0.144. The molecular formula is C23H22N4O4. The van der Waals surface area contributed by atoms with Gasteiger partial charge in [-0.3, -0.25) is 4.79 Å². The van der Waals surface area contributed by atoms with Crippen LogP contribution in [0.15, 0.2) is 59.7 Å². The van der Waals surface area contributed by atoms with Crippen LogP contribution in [0.4, 0.5) is 4.79 Å². The number of ether oxygens (including phenoxy) is 1. The number of carbonyl (C=O) groups is 1. The summed E-state index contributed by atoms with van der Waals surface area (Å²) in [5.41, 5.74) is 3.23. The minimum Gasteiger partial charge on any atom is -0.449 e. The third kappa shape index (κ3) is 4.32. The number of rotatable bonds is 7. The molecule has 4 aromatic rings. The number of unbranched alkanes of at least 4 members (excludes halogenated alkanes) is 1. The molecule has 31 heavy (non-hydrogen) atoms. The quantitative estimate of drug-likeness (QED) is 0.343.